The van der Waals surface area contributed by atoms with Crippen LogP contribution in [0.3, 0.4) is 0 Å². The molecule has 34 heavy (non-hydrogen) atoms. The molecule has 0 radical (unpaired) electrons. The van der Waals surface area contributed by atoms with Crippen LogP contribution in [0.2, 0.25) is 5.02 Å². The van der Waals surface area contributed by atoms with E-state index in [0.29, 0.717) is 12.0 Å². The van der Waals surface area contributed by atoms with E-state index in [1.807, 2.05) is 0 Å². The number of nitrogens with one attached hydrogen (secondary N) is 1. The predicted octanol–water partition coefficient (Wildman–Crippen LogP) is 5.53. The van der Waals surface area contributed by atoms with Gasteiger partial charge in [-0.25, -0.2) is 9.78 Å². The lowest BCUT2D eigenvalue weighted by Gasteiger charge is -2.15. The Morgan fingerprint density at radius 3 is 2.38 bits per heavy atom. The summed E-state index contributed by atoms with van der Waals surface area (Å²) in [5, 5.41) is 19.3. The third-order valence-corrected chi connectivity index (χ3v) is 5.22. The summed E-state index contributed by atoms with van der Waals surface area (Å²) in [7, 11) is 0. The number of carbonyl (C=O) groups is 2. The minimum atomic E-state index is -4.82. The molecule has 7 nitrogen and oxygen atoms in total. The van der Waals surface area contributed by atoms with E-state index in [0.717, 1.165) is 0 Å². The molecule has 0 amide bonds. The van der Waals surface area contributed by atoms with Crippen LogP contribution in [0.15, 0.2) is 42.5 Å². The van der Waals surface area contributed by atoms with E-state index in [1.165, 1.54) is 42.5 Å². The summed E-state index contributed by atoms with van der Waals surface area (Å²) in [4.78, 5) is 29.5. The van der Waals surface area contributed by atoms with Crippen LogP contribution in [-0.2, 0) is 24.0 Å². The van der Waals surface area contributed by atoms with Crippen molar-refractivity contribution >= 4 is 23.5 Å². The number of carboxylic acid groups (broad SMARTS) is 2. The van der Waals surface area contributed by atoms with E-state index < -0.39 is 35.4 Å². The van der Waals surface area contributed by atoms with Crippen molar-refractivity contribution in [2.45, 2.75) is 38.5 Å². The number of aliphatic carboxylic acids is 1. The van der Waals surface area contributed by atoms with Crippen molar-refractivity contribution in [1.82, 2.24) is 9.97 Å². The van der Waals surface area contributed by atoms with E-state index in [-0.39, 0.29) is 40.8 Å². The second-order valence-corrected chi connectivity index (χ2v) is 7.87. The van der Waals surface area contributed by atoms with Gasteiger partial charge in [0.2, 0.25) is 0 Å². The van der Waals surface area contributed by atoms with Gasteiger partial charge < -0.3 is 19.9 Å². The SMILES string of the molecule is CCCc1nc(C(F)(F)F)c(C(C(=O)O)c2ccc(OCc3ccc(Cl)cc3C(=O)O)cc2)[nH]1. The molecule has 3 N–H and O–H groups in total. The molecule has 0 spiro atoms. The molecule has 3 aromatic rings. The van der Waals surface area contributed by atoms with Gasteiger partial charge in [-0.2, -0.15) is 13.2 Å². The zero-order valence-electron chi connectivity index (χ0n) is 17.8. The Kier molecular flexibility index (Phi) is 7.51. The summed E-state index contributed by atoms with van der Waals surface area (Å²) in [6, 6.07) is 9.80. The third kappa shape index (κ3) is 5.69. The van der Waals surface area contributed by atoms with Gasteiger partial charge in [0.05, 0.1) is 11.3 Å². The summed E-state index contributed by atoms with van der Waals surface area (Å²) >= 11 is 5.83. The van der Waals surface area contributed by atoms with Crippen LogP contribution in [0, 0.1) is 0 Å². The molecule has 1 aromatic heterocycles. The van der Waals surface area contributed by atoms with Gasteiger partial charge in [0, 0.05) is 17.0 Å². The number of hydrogen-bond acceptors (Lipinski definition) is 4. The lowest BCUT2D eigenvalue weighted by molar-refractivity contribution is -0.143. The number of aromatic nitrogens is 2. The number of rotatable bonds is 9. The van der Waals surface area contributed by atoms with Gasteiger partial charge in [0.15, 0.2) is 5.69 Å². The molecule has 1 heterocycles. The first-order valence-corrected chi connectivity index (χ1v) is 10.5. The topological polar surface area (TPSA) is 113 Å². The molecule has 11 heteroatoms. The van der Waals surface area contributed by atoms with Crippen molar-refractivity contribution in [1.29, 1.82) is 0 Å². The Bertz CT molecular complexity index is 1190. The largest absolute Gasteiger partial charge is 0.489 e. The lowest BCUT2D eigenvalue weighted by Crippen LogP contribution is -2.19. The third-order valence-electron chi connectivity index (χ3n) is 4.98. The van der Waals surface area contributed by atoms with Crippen LogP contribution in [-0.4, -0.2) is 32.1 Å². The Labute approximate surface area is 197 Å². The second-order valence-electron chi connectivity index (χ2n) is 7.43. The molecule has 0 saturated heterocycles. The highest BCUT2D eigenvalue weighted by atomic mass is 35.5. The van der Waals surface area contributed by atoms with Crippen LogP contribution in [0.25, 0.3) is 0 Å². The summed E-state index contributed by atoms with van der Waals surface area (Å²) in [6.07, 6.45) is -4.05. The number of aryl methyl sites for hydroxylation is 1. The van der Waals surface area contributed by atoms with Crippen molar-refractivity contribution in [3.05, 3.63) is 81.4 Å². The van der Waals surface area contributed by atoms with E-state index in [2.05, 4.69) is 9.97 Å². The first kappa shape index (κ1) is 25.1. The van der Waals surface area contributed by atoms with Crippen LogP contribution in [0.5, 0.6) is 5.75 Å². The van der Waals surface area contributed by atoms with Crippen molar-refractivity contribution < 1.29 is 37.7 Å². The molecule has 0 aliphatic heterocycles. The standard InChI is InChI=1S/C23H20ClF3N2O5/c1-2-3-17-28-19(20(29-17)23(25,26)27)18(22(32)33)12-5-8-15(9-6-12)34-11-13-4-7-14(24)10-16(13)21(30)31/h4-10,18H,2-3,11H2,1H3,(H,28,29)(H,30,31)(H,32,33). The molecule has 180 valence electrons. The zero-order chi connectivity index (χ0) is 25.0. The van der Waals surface area contributed by atoms with E-state index >= 15 is 0 Å². The van der Waals surface area contributed by atoms with Gasteiger partial charge in [-0.1, -0.05) is 36.7 Å². The lowest BCUT2D eigenvalue weighted by atomic mass is 9.94. The number of benzene rings is 2. The molecule has 0 aliphatic carbocycles. The molecular formula is C23H20ClF3N2O5. The van der Waals surface area contributed by atoms with Gasteiger partial charge in [-0.3, -0.25) is 4.79 Å². The number of imidazole rings is 1. The van der Waals surface area contributed by atoms with Gasteiger partial charge in [-0.05, 0) is 36.2 Å². The number of ether oxygens (including phenoxy) is 1. The maximum atomic E-state index is 13.5. The zero-order valence-corrected chi connectivity index (χ0v) is 18.6. The maximum Gasteiger partial charge on any atom is 0.435 e. The van der Waals surface area contributed by atoms with Crippen molar-refractivity contribution in [3.8, 4) is 5.75 Å². The molecule has 1 atom stereocenters. The second kappa shape index (κ2) is 10.2. The Morgan fingerprint density at radius 1 is 1.15 bits per heavy atom. The van der Waals surface area contributed by atoms with Crippen LogP contribution in [0.4, 0.5) is 13.2 Å². The maximum absolute atomic E-state index is 13.5. The number of halogens is 4. The normalized spacial score (nSPS) is 12.4. The average molecular weight is 497 g/mol. The first-order valence-electron chi connectivity index (χ1n) is 10.1. The Balaban J connectivity index is 1.87. The number of H-pyrrole nitrogens is 1. The fourth-order valence-corrected chi connectivity index (χ4v) is 3.61. The van der Waals surface area contributed by atoms with E-state index in [9.17, 15) is 33.0 Å². The number of aromatic carboxylic acids is 1. The number of hydrogen-bond donors (Lipinski definition) is 3. The van der Waals surface area contributed by atoms with Crippen LogP contribution >= 0.6 is 11.6 Å². The number of nitrogens with zero attached hydrogens (tertiary/aromatic N) is 1. The molecule has 0 fully saturated rings. The summed E-state index contributed by atoms with van der Waals surface area (Å²) in [5.41, 5.74) is -1.37. The average Bonchev–Trinajstić information content (AvgIpc) is 3.17. The van der Waals surface area contributed by atoms with Gasteiger partial charge >= 0.3 is 18.1 Å². The molecule has 0 saturated carbocycles. The van der Waals surface area contributed by atoms with E-state index in [4.69, 9.17) is 16.3 Å². The molecular weight excluding hydrogens is 477 g/mol. The number of aromatic amines is 1. The molecule has 1 unspecified atom stereocenters. The van der Waals surface area contributed by atoms with Crippen LogP contribution < -0.4 is 4.74 Å². The first-order chi connectivity index (χ1) is 16.0. The molecule has 0 bridgehead atoms. The Morgan fingerprint density at radius 2 is 1.82 bits per heavy atom. The fraction of sp³-hybridized carbons (Fsp3) is 0.261. The summed E-state index contributed by atoms with van der Waals surface area (Å²) in [5.74, 6) is -3.94. The quantitative estimate of drug-likeness (QED) is 0.359. The molecule has 2 aromatic carbocycles. The minimum Gasteiger partial charge on any atom is -0.489 e. The number of carboxylic acids is 2. The summed E-state index contributed by atoms with van der Waals surface area (Å²) < 4.78 is 46.2. The van der Waals surface area contributed by atoms with Gasteiger partial charge in [-0.15, -0.1) is 0 Å². The smallest absolute Gasteiger partial charge is 0.435 e. The van der Waals surface area contributed by atoms with Crippen molar-refractivity contribution in [2.75, 3.05) is 0 Å². The van der Waals surface area contributed by atoms with Crippen LogP contribution in [0.1, 0.15) is 58.0 Å². The molecule has 3 rings (SSSR count). The highest BCUT2D eigenvalue weighted by Gasteiger charge is 2.41. The Hall–Kier alpha value is -3.53. The molecule has 0 aliphatic rings. The summed E-state index contributed by atoms with van der Waals surface area (Å²) in [6.45, 7) is 1.66. The van der Waals surface area contributed by atoms with Crippen molar-refractivity contribution in [2.24, 2.45) is 0 Å². The van der Waals surface area contributed by atoms with Gasteiger partial charge in [0.1, 0.15) is 24.1 Å². The monoisotopic (exact) mass is 496 g/mol. The van der Waals surface area contributed by atoms with Gasteiger partial charge in [0.25, 0.3) is 0 Å². The highest BCUT2D eigenvalue weighted by Crippen LogP contribution is 2.37. The van der Waals surface area contributed by atoms with Crippen molar-refractivity contribution in [3.63, 3.8) is 0 Å². The number of alkyl halides is 3. The fourth-order valence-electron chi connectivity index (χ4n) is 3.44. The van der Waals surface area contributed by atoms with E-state index in [1.54, 1.807) is 6.92 Å². The minimum absolute atomic E-state index is 0.0307. The predicted molar refractivity (Wildman–Crippen MR) is 116 cm³/mol. The highest BCUT2D eigenvalue weighted by molar-refractivity contribution is 6.30.